The summed E-state index contributed by atoms with van der Waals surface area (Å²) < 4.78 is 5.24. The molecule has 3 N–H and O–H groups in total. The fraction of sp³-hybridized carbons (Fsp3) is 0.385. The Hall–Kier alpha value is -2.08. The number of hydrogen-bond donors (Lipinski definition) is 3. The van der Waals surface area contributed by atoms with E-state index >= 15 is 0 Å². The van der Waals surface area contributed by atoms with E-state index in [4.69, 9.17) is 14.9 Å². The van der Waals surface area contributed by atoms with Crippen molar-refractivity contribution in [2.45, 2.75) is 19.4 Å². The zero-order valence-electron chi connectivity index (χ0n) is 10.6. The number of carbonyl (C=O) groups is 2. The summed E-state index contributed by atoms with van der Waals surface area (Å²) in [7, 11) is 0. The van der Waals surface area contributed by atoms with Gasteiger partial charge in [0, 0.05) is 18.6 Å². The third-order valence-electron chi connectivity index (χ3n) is 2.45. The smallest absolute Gasteiger partial charge is 0.326 e. The molecule has 1 atom stereocenters. The molecule has 104 valence electrons. The molecule has 6 nitrogen and oxygen atoms in total. The van der Waals surface area contributed by atoms with Crippen molar-refractivity contribution >= 4 is 11.9 Å². The van der Waals surface area contributed by atoms with E-state index in [-0.39, 0.29) is 13.0 Å². The number of nitrogens with one attached hydrogen (secondary N) is 1. The Labute approximate surface area is 111 Å². The fourth-order valence-electron chi connectivity index (χ4n) is 1.50. The van der Waals surface area contributed by atoms with Crippen molar-refractivity contribution in [1.29, 1.82) is 0 Å². The number of aliphatic carboxylic acids is 1. The Morgan fingerprint density at radius 2 is 1.95 bits per heavy atom. The first-order valence-corrected chi connectivity index (χ1v) is 5.95. The summed E-state index contributed by atoms with van der Waals surface area (Å²) in [6.45, 7) is 2.08. The molecule has 1 rings (SSSR count). The number of carbonyl (C=O) groups excluding carboxylic acids is 1. The minimum Gasteiger partial charge on any atom is -0.494 e. The van der Waals surface area contributed by atoms with Crippen molar-refractivity contribution in [2.24, 2.45) is 0 Å². The molecule has 0 aromatic heterocycles. The van der Waals surface area contributed by atoms with Gasteiger partial charge in [-0.15, -0.1) is 0 Å². The Kier molecular flexibility index (Phi) is 5.81. The number of hydrogen-bond acceptors (Lipinski definition) is 4. The molecule has 19 heavy (non-hydrogen) atoms. The van der Waals surface area contributed by atoms with Gasteiger partial charge in [0.25, 0.3) is 5.91 Å². The van der Waals surface area contributed by atoms with Gasteiger partial charge in [-0.05, 0) is 31.2 Å². The molecular weight excluding hydrogens is 250 g/mol. The van der Waals surface area contributed by atoms with E-state index in [9.17, 15) is 9.59 Å². The molecule has 1 aromatic rings. The van der Waals surface area contributed by atoms with Crippen molar-refractivity contribution in [3.8, 4) is 5.75 Å². The highest BCUT2D eigenvalue weighted by Gasteiger charge is 2.19. The Morgan fingerprint density at radius 3 is 2.42 bits per heavy atom. The Balaban J connectivity index is 2.68. The van der Waals surface area contributed by atoms with E-state index in [0.29, 0.717) is 17.9 Å². The first kappa shape index (κ1) is 15.0. The van der Waals surface area contributed by atoms with Crippen molar-refractivity contribution < 1.29 is 24.5 Å². The molecule has 0 aliphatic rings. The lowest BCUT2D eigenvalue weighted by molar-refractivity contribution is -0.139. The van der Waals surface area contributed by atoms with Gasteiger partial charge >= 0.3 is 5.97 Å². The van der Waals surface area contributed by atoms with E-state index in [1.165, 1.54) is 0 Å². The van der Waals surface area contributed by atoms with E-state index < -0.39 is 17.9 Å². The van der Waals surface area contributed by atoms with E-state index in [0.717, 1.165) is 0 Å². The zero-order valence-corrected chi connectivity index (χ0v) is 10.6. The number of aliphatic hydroxyl groups is 1. The summed E-state index contributed by atoms with van der Waals surface area (Å²) in [4.78, 5) is 22.7. The lowest BCUT2D eigenvalue weighted by atomic mass is 10.1. The lowest BCUT2D eigenvalue weighted by Gasteiger charge is -2.13. The van der Waals surface area contributed by atoms with Crippen LogP contribution in [-0.4, -0.2) is 41.3 Å². The summed E-state index contributed by atoms with van der Waals surface area (Å²) in [5.41, 5.74) is 0.340. The second kappa shape index (κ2) is 7.38. The predicted molar refractivity (Wildman–Crippen MR) is 68.2 cm³/mol. The molecule has 0 aliphatic carbocycles. The fourth-order valence-corrected chi connectivity index (χ4v) is 1.50. The van der Waals surface area contributed by atoms with Crippen molar-refractivity contribution in [3.63, 3.8) is 0 Å². The normalized spacial score (nSPS) is 11.7. The van der Waals surface area contributed by atoms with Gasteiger partial charge in [-0.3, -0.25) is 4.79 Å². The third-order valence-corrected chi connectivity index (χ3v) is 2.45. The molecule has 0 spiro atoms. The molecule has 0 radical (unpaired) electrons. The van der Waals surface area contributed by atoms with Crippen LogP contribution < -0.4 is 10.1 Å². The van der Waals surface area contributed by atoms with Gasteiger partial charge < -0.3 is 20.3 Å². The molecule has 0 fully saturated rings. The Morgan fingerprint density at radius 1 is 1.32 bits per heavy atom. The molecule has 6 heteroatoms. The first-order chi connectivity index (χ1) is 9.08. The first-order valence-electron chi connectivity index (χ1n) is 5.95. The van der Waals surface area contributed by atoms with Crippen molar-refractivity contribution in [2.75, 3.05) is 13.2 Å². The van der Waals surface area contributed by atoms with Crippen LogP contribution in [0.4, 0.5) is 0 Å². The van der Waals surface area contributed by atoms with Gasteiger partial charge in [-0.25, -0.2) is 4.79 Å². The number of aliphatic hydroxyl groups excluding tert-OH is 1. The summed E-state index contributed by atoms with van der Waals surface area (Å²) in [6, 6.07) is 5.29. The highest BCUT2D eigenvalue weighted by Crippen LogP contribution is 2.12. The summed E-state index contributed by atoms with van der Waals surface area (Å²) in [5, 5.41) is 19.9. The van der Waals surface area contributed by atoms with Crippen LogP contribution in [0.5, 0.6) is 5.75 Å². The van der Waals surface area contributed by atoms with Gasteiger partial charge in [0.2, 0.25) is 0 Å². The minimum absolute atomic E-state index is 0.0297. The number of carboxylic acids is 1. The number of rotatable bonds is 7. The zero-order chi connectivity index (χ0) is 14.3. The molecule has 0 saturated carbocycles. The van der Waals surface area contributed by atoms with Gasteiger partial charge in [0.15, 0.2) is 0 Å². The summed E-state index contributed by atoms with van der Waals surface area (Å²) in [5.74, 6) is -1.03. The topological polar surface area (TPSA) is 95.9 Å². The van der Waals surface area contributed by atoms with Crippen LogP contribution in [0.3, 0.4) is 0 Å². The predicted octanol–water partition coefficient (Wildman–Crippen LogP) is 0.651. The van der Waals surface area contributed by atoms with Crippen LogP contribution in [0.25, 0.3) is 0 Å². The number of amides is 1. The molecule has 0 aliphatic heterocycles. The van der Waals surface area contributed by atoms with Crippen molar-refractivity contribution in [1.82, 2.24) is 5.32 Å². The van der Waals surface area contributed by atoms with Gasteiger partial charge in [0.05, 0.1) is 6.61 Å². The van der Waals surface area contributed by atoms with Crippen LogP contribution in [0.15, 0.2) is 24.3 Å². The monoisotopic (exact) mass is 267 g/mol. The van der Waals surface area contributed by atoms with Gasteiger partial charge in [0.1, 0.15) is 11.8 Å². The largest absolute Gasteiger partial charge is 0.494 e. The van der Waals surface area contributed by atoms with Gasteiger partial charge in [-0.2, -0.15) is 0 Å². The average molecular weight is 267 g/mol. The highest BCUT2D eigenvalue weighted by molar-refractivity contribution is 5.96. The van der Waals surface area contributed by atoms with E-state index in [1.54, 1.807) is 24.3 Å². The quantitative estimate of drug-likeness (QED) is 0.674. The van der Waals surface area contributed by atoms with Crippen LogP contribution in [0, 0.1) is 0 Å². The minimum atomic E-state index is -1.17. The highest BCUT2D eigenvalue weighted by atomic mass is 16.5. The average Bonchev–Trinajstić information content (AvgIpc) is 2.39. The van der Waals surface area contributed by atoms with E-state index in [1.807, 2.05) is 6.92 Å². The van der Waals surface area contributed by atoms with Crippen LogP contribution in [0.2, 0.25) is 0 Å². The lowest BCUT2D eigenvalue weighted by Crippen LogP contribution is -2.41. The molecule has 1 aromatic carbocycles. The maximum Gasteiger partial charge on any atom is 0.326 e. The summed E-state index contributed by atoms with van der Waals surface area (Å²) in [6.07, 6.45) is -0.0297. The van der Waals surface area contributed by atoms with E-state index in [2.05, 4.69) is 5.32 Å². The SMILES string of the molecule is CCOc1ccc(C(=O)N[C@@H](CCO)C(=O)O)cc1. The standard InChI is InChI=1S/C13H17NO5/c1-2-19-10-5-3-9(4-6-10)12(16)14-11(7-8-15)13(17)18/h3-6,11,15H,2,7-8H2,1H3,(H,14,16)(H,17,18)/t11-/m0/s1. The second-order valence-corrected chi connectivity index (χ2v) is 3.83. The van der Waals surface area contributed by atoms with Gasteiger partial charge in [-0.1, -0.05) is 0 Å². The van der Waals surface area contributed by atoms with Crippen LogP contribution >= 0.6 is 0 Å². The van der Waals surface area contributed by atoms with Crippen molar-refractivity contribution in [3.05, 3.63) is 29.8 Å². The van der Waals surface area contributed by atoms with Crippen LogP contribution in [0.1, 0.15) is 23.7 Å². The molecule has 1 amide bonds. The molecule has 0 unspecified atom stereocenters. The maximum absolute atomic E-state index is 11.8. The maximum atomic E-state index is 11.8. The molecular formula is C13H17NO5. The number of benzene rings is 1. The molecule has 0 saturated heterocycles. The summed E-state index contributed by atoms with van der Waals surface area (Å²) >= 11 is 0. The number of ether oxygens (including phenoxy) is 1. The Bertz CT molecular complexity index is 429. The molecule has 0 heterocycles. The van der Waals surface area contributed by atoms with Crippen LogP contribution in [-0.2, 0) is 4.79 Å². The number of carboxylic acid groups (broad SMARTS) is 1. The third kappa shape index (κ3) is 4.59. The molecule has 0 bridgehead atoms. The second-order valence-electron chi connectivity index (χ2n) is 3.83.